The number of benzene rings is 6. The summed E-state index contributed by atoms with van der Waals surface area (Å²) in [6.07, 6.45) is 3.24. The Morgan fingerprint density at radius 3 is 1.95 bits per heavy atom. The maximum absolute atomic E-state index is 6.56. The summed E-state index contributed by atoms with van der Waals surface area (Å²) in [4.78, 5) is 15.1. The van der Waals surface area contributed by atoms with E-state index in [4.69, 9.17) is 14.4 Å². The van der Waals surface area contributed by atoms with E-state index in [0.29, 0.717) is 5.92 Å². The number of hydrogen-bond donors (Lipinski definition) is 0. The van der Waals surface area contributed by atoms with Crippen LogP contribution in [0, 0.1) is 25.0 Å². The van der Waals surface area contributed by atoms with E-state index in [-0.39, 0.29) is 31.9 Å². The van der Waals surface area contributed by atoms with Crippen LogP contribution in [0.25, 0.3) is 83.3 Å². The van der Waals surface area contributed by atoms with E-state index in [1.165, 1.54) is 33.0 Å². The van der Waals surface area contributed by atoms with Crippen LogP contribution in [0.2, 0.25) is 19.6 Å². The fourth-order valence-corrected chi connectivity index (χ4v) is 10.9. The van der Waals surface area contributed by atoms with Crippen molar-refractivity contribution in [3.63, 3.8) is 0 Å². The summed E-state index contributed by atoms with van der Waals surface area (Å²) in [5, 5.41) is 5.89. The first-order valence-electron chi connectivity index (χ1n) is 23.1. The van der Waals surface area contributed by atoms with Crippen LogP contribution >= 0.6 is 0 Å². The molecule has 0 aliphatic carbocycles. The second-order valence-electron chi connectivity index (χ2n) is 19.4. The Kier molecular flexibility index (Phi) is 13.5. The van der Waals surface area contributed by atoms with E-state index in [1.807, 2.05) is 36.4 Å². The molecule has 1 radical (unpaired) electrons. The van der Waals surface area contributed by atoms with Gasteiger partial charge in [0.2, 0.25) is 0 Å². The van der Waals surface area contributed by atoms with Gasteiger partial charge in [0.15, 0.2) is 5.65 Å². The molecule has 0 aliphatic heterocycles. The zero-order valence-corrected chi connectivity index (χ0v) is 43.1. The minimum atomic E-state index is -1.34. The third kappa shape index (κ3) is 8.97. The molecule has 4 aromatic heterocycles. The van der Waals surface area contributed by atoms with E-state index < -0.39 is 8.07 Å². The second kappa shape index (κ2) is 19.1. The molecule has 4 heterocycles. The predicted octanol–water partition coefficient (Wildman–Crippen LogP) is 15.5. The van der Waals surface area contributed by atoms with Crippen molar-refractivity contribution in [3.8, 4) is 39.5 Å². The number of para-hydroxylation sites is 1. The topological polar surface area (TPSA) is 56.7 Å². The summed E-state index contributed by atoms with van der Waals surface area (Å²) in [5.41, 5.74) is 14.9. The second-order valence-corrected chi connectivity index (χ2v) is 24.4. The van der Waals surface area contributed by atoms with Gasteiger partial charge in [-0.2, -0.15) is 0 Å². The molecular formula is C59H58IrN4OSi-2. The van der Waals surface area contributed by atoms with Gasteiger partial charge in [0.25, 0.3) is 0 Å². The van der Waals surface area contributed by atoms with Crippen molar-refractivity contribution in [2.24, 2.45) is 5.92 Å². The number of imidazole rings is 1. The maximum atomic E-state index is 6.56. The van der Waals surface area contributed by atoms with E-state index >= 15 is 0 Å². The average Bonchev–Trinajstić information content (AvgIpc) is 3.87. The van der Waals surface area contributed by atoms with Crippen molar-refractivity contribution in [1.29, 1.82) is 0 Å². The van der Waals surface area contributed by atoms with E-state index in [2.05, 4.69) is 193 Å². The van der Waals surface area contributed by atoms with Crippen LogP contribution in [0.4, 0.5) is 0 Å². The first-order valence-corrected chi connectivity index (χ1v) is 26.6. The number of pyridine rings is 2. The van der Waals surface area contributed by atoms with Crippen molar-refractivity contribution in [3.05, 3.63) is 174 Å². The summed E-state index contributed by atoms with van der Waals surface area (Å²) >= 11 is 0. The molecular weight excluding hydrogens is 1000 g/mol. The molecule has 0 saturated heterocycles. The molecule has 0 atom stereocenters. The fourth-order valence-electron chi connectivity index (χ4n) is 9.29. The normalized spacial score (nSPS) is 11.8. The number of hydrogen-bond acceptors (Lipinski definition) is 4. The standard InChI is InChI=1S/C41H34N3O.C18H24NSi.Ir/c1-24(2)34-22-28(27-14-7-6-8-15-27)23-35(25(3)4)37(34)44-38-31-18-10-9-16-29(31)26(5)42-40(38)43-41(44)33-20-13-19-32-30-17-11-12-21-36(30)45-39(32)33;1-14(2)11-16-12-17(15-9-7-6-8-10-15)19-13-18(16)20(3,4)5;/h6-19,21-25H,1-5H3;6-9,12-14H,11H2,1-5H3;/q2*-1;. The number of rotatable bonds is 9. The maximum Gasteiger partial charge on any atom is 0.169 e. The molecule has 0 N–H and O–H groups in total. The van der Waals surface area contributed by atoms with Gasteiger partial charge in [0.05, 0.1) is 25.0 Å². The van der Waals surface area contributed by atoms with Crippen molar-refractivity contribution < 1.29 is 24.5 Å². The molecule has 0 fully saturated rings. The summed E-state index contributed by atoms with van der Waals surface area (Å²) in [6, 6.07) is 53.4. The fraction of sp³-hybridized carbons (Fsp3) is 0.237. The Morgan fingerprint density at radius 1 is 0.652 bits per heavy atom. The molecule has 10 aromatic rings. The van der Waals surface area contributed by atoms with Crippen LogP contribution in [0.1, 0.15) is 75.8 Å². The molecule has 335 valence electrons. The molecule has 0 saturated carbocycles. The minimum absolute atomic E-state index is 0. The van der Waals surface area contributed by atoms with Crippen molar-refractivity contribution in [1.82, 2.24) is 19.5 Å². The predicted molar refractivity (Wildman–Crippen MR) is 276 cm³/mol. The van der Waals surface area contributed by atoms with Crippen LogP contribution in [0.3, 0.4) is 0 Å². The Balaban J connectivity index is 0.000000238. The number of aromatic nitrogens is 4. The van der Waals surface area contributed by atoms with Crippen molar-refractivity contribution >= 4 is 57.1 Å². The number of aryl methyl sites for hydroxylation is 1. The molecule has 0 spiro atoms. The van der Waals surface area contributed by atoms with Crippen LogP contribution in [0.15, 0.2) is 144 Å². The van der Waals surface area contributed by atoms with Crippen LogP contribution in [0.5, 0.6) is 0 Å². The SMILES string of the molecule is CC(C)Cc1cc(-c2[c-]cccc2)ncc1[Si](C)(C)C.Cc1nc2nc(-c3[c-]ccc4c3oc3ccccc34)n(-c3c(C(C)C)cc(-c4ccccc4)cc3C(C)C)c2c2ccccc12.[Ir]. The van der Waals surface area contributed by atoms with Crippen molar-refractivity contribution in [2.75, 3.05) is 0 Å². The quantitative estimate of drug-likeness (QED) is 0.107. The Morgan fingerprint density at radius 2 is 1.30 bits per heavy atom. The summed E-state index contributed by atoms with van der Waals surface area (Å²) < 4.78 is 8.93. The van der Waals surface area contributed by atoms with Gasteiger partial charge in [-0.25, -0.2) is 4.98 Å². The first kappa shape index (κ1) is 46.5. The molecule has 0 amide bonds. The summed E-state index contributed by atoms with van der Waals surface area (Å²) in [6.45, 7) is 22.9. The molecule has 6 aromatic carbocycles. The van der Waals surface area contributed by atoms with E-state index in [9.17, 15) is 0 Å². The number of fused-ring (bicyclic) bond motifs is 6. The summed E-state index contributed by atoms with van der Waals surface area (Å²) in [7, 11) is -1.34. The Bertz CT molecular complexity index is 3300. The molecule has 7 heteroatoms. The van der Waals surface area contributed by atoms with Crippen LogP contribution < -0.4 is 5.19 Å². The van der Waals surface area contributed by atoms with Crippen LogP contribution in [-0.2, 0) is 26.5 Å². The molecule has 0 unspecified atom stereocenters. The van der Waals surface area contributed by atoms with Gasteiger partial charge in [-0.3, -0.25) is 4.98 Å². The van der Waals surface area contributed by atoms with E-state index in [0.717, 1.165) is 84.3 Å². The molecule has 10 rings (SSSR count). The monoisotopic (exact) mass is 1060 g/mol. The minimum Gasteiger partial charge on any atom is -0.501 e. The van der Waals surface area contributed by atoms with E-state index in [1.54, 1.807) is 0 Å². The molecule has 0 aliphatic rings. The van der Waals surface area contributed by atoms with Gasteiger partial charge in [0, 0.05) is 53.8 Å². The van der Waals surface area contributed by atoms with Gasteiger partial charge in [-0.05, 0) is 82.4 Å². The molecule has 0 bridgehead atoms. The Labute approximate surface area is 404 Å². The van der Waals surface area contributed by atoms with Crippen LogP contribution in [-0.4, -0.2) is 27.6 Å². The summed E-state index contributed by atoms with van der Waals surface area (Å²) in [5.74, 6) is 1.96. The molecule has 5 nitrogen and oxygen atoms in total. The zero-order chi connectivity index (χ0) is 45.6. The third-order valence-corrected chi connectivity index (χ3v) is 14.5. The van der Waals surface area contributed by atoms with Crippen molar-refractivity contribution in [2.45, 2.75) is 86.4 Å². The van der Waals surface area contributed by atoms with Gasteiger partial charge in [0.1, 0.15) is 5.58 Å². The third-order valence-electron chi connectivity index (χ3n) is 12.4. The smallest absolute Gasteiger partial charge is 0.169 e. The molecule has 66 heavy (non-hydrogen) atoms. The average molecular weight is 1060 g/mol. The van der Waals surface area contributed by atoms with Gasteiger partial charge in [-0.1, -0.05) is 157 Å². The van der Waals surface area contributed by atoms with Gasteiger partial charge >= 0.3 is 0 Å². The van der Waals surface area contributed by atoms with Gasteiger partial charge < -0.3 is 14.0 Å². The number of furan rings is 1. The van der Waals surface area contributed by atoms with Gasteiger partial charge in [-0.15, -0.1) is 54.1 Å². The largest absolute Gasteiger partial charge is 0.501 e. The number of nitrogens with zero attached hydrogens (tertiary/aromatic N) is 4. The first-order chi connectivity index (χ1) is 31.3. The Hall–Kier alpha value is -5.98. The zero-order valence-electron chi connectivity index (χ0n) is 39.7.